The molecule has 0 atom stereocenters. The average Bonchev–Trinajstić information content (AvgIpc) is 2.26. The van der Waals surface area contributed by atoms with Crippen LogP contribution in [0.1, 0.15) is 31.1 Å². The molecule has 1 amide bonds. The molecule has 1 aromatic rings. The van der Waals surface area contributed by atoms with Crippen molar-refractivity contribution in [3.63, 3.8) is 0 Å². The maximum atomic E-state index is 11.9. The van der Waals surface area contributed by atoms with Crippen LogP contribution < -0.4 is 11.1 Å². The van der Waals surface area contributed by atoms with Gasteiger partial charge in [0.25, 0.3) is 5.91 Å². The quantitative estimate of drug-likeness (QED) is 0.626. The Balaban J connectivity index is 2.91. The van der Waals surface area contributed by atoms with Crippen molar-refractivity contribution in [3.05, 3.63) is 23.8 Å². The Kier molecular flexibility index (Phi) is 5.35. The van der Waals surface area contributed by atoms with Crippen molar-refractivity contribution in [1.82, 2.24) is 5.32 Å². The van der Waals surface area contributed by atoms with Gasteiger partial charge in [0.05, 0.1) is 5.56 Å². The van der Waals surface area contributed by atoms with Crippen molar-refractivity contribution in [2.45, 2.75) is 25.7 Å². The van der Waals surface area contributed by atoms with Gasteiger partial charge in [-0.05, 0) is 31.0 Å². The second-order valence-corrected chi connectivity index (χ2v) is 5.38. The summed E-state index contributed by atoms with van der Waals surface area (Å²) in [7, 11) is 0. The third-order valence-electron chi connectivity index (χ3n) is 2.16. The van der Waals surface area contributed by atoms with Crippen LogP contribution in [0, 0.1) is 5.92 Å². The van der Waals surface area contributed by atoms with Gasteiger partial charge in [-0.2, -0.15) is 0 Å². The molecule has 1 rings (SSSR count). The van der Waals surface area contributed by atoms with Gasteiger partial charge in [-0.1, -0.05) is 13.8 Å². The average molecular weight is 252 g/mol. The molecule has 0 saturated carbocycles. The maximum absolute atomic E-state index is 11.9. The second-order valence-electron chi connectivity index (χ2n) is 4.32. The Morgan fingerprint density at radius 1 is 1.47 bits per heavy atom. The van der Waals surface area contributed by atoms with Gasteiger partial charge in [0, 0.05) is 22.9 Å². The minimum Gasteiger partial charge on any atom is -0.399 e. The van der Waals surface area contributed by atoms with Crippen LogP contribution in [0.15, 0.2) is 23.1 Å². The lowest BCUT2D eigenvalue weighted by Gasteiger charge is -2.11. The zero-order chi connectivity index (χ0) is 12.8. The van der Waals surface area contributed by atoms with E-state index < -0.39 is 0 Å². The van der Waals surface area contributed by atoms with Crippen LogP contribution in [-0.4, -0.2) is 18.2 Å². The van der Waals surface area contributed by atoms with Crippen LogP contribution in [0.3, 0.4) is 0 Å². The van der Waals surface area contributed by atoms with E-state index in [0.717, 1.165) is 10.6 Å². The number of carbonyl (C=O) groups excluding carboxylic acids is 1. The van der Waals surface area contributed by atoms with Gasteiger partial charge in [-0.15, -0.1) is 11.8 Å². The summed E-state index contributed by atoms with van der Waals surface area (Å²) in [4.78, 5) is 12.8. The first-order valence-corrected chi connectivity index (χ1v) is 6.83. The summed E-state index contributed by atoms with van der Waals surface area (Å²) in [6.07, 6.45) is 0. The highest BCUT2D eigenvalue weighted by atomic mass is 32.2. The Morgan fingerprint density at radius 2 is 2.18 bits per heavy atom. The first-order chi connectivity index (χ1) is 8.04. The van der Waals surface area contributed by atoms with E-state index in [2.05, 4.69) is 19.2 Å². The molecule has 3 N–H and O–H groups in total. The van der Waals surface area contributed by atoms with Crippen molar-refractivity contribution in [2.75, 3.05) is 18.0 Å². The first kappa shape index (κ1) is 13.9. The van der Waals surface area contributed by atoms with Gasteiger partial charge in [-0.3, -0.25) is 4.79 Å². The lowest BCUT2D eigenvalue weighted by Crippen LogP contribution is -2.23. The molecular formula is C13H20N2OS. The van der Waals surface area contributed by atoms with Gasteiger partial charge < -0.3 is 11.1 Å². The highest BCUT2D eigenvalue weighted by Gasteiger charge is 2.11. The molecule has 0 spiro atoms. The SMILES string of the molecule is CCNC(=O)c1ccc(N)cc1SCC(C)C. The summed E-state index contributed by atoms with van der Waals surface area (Å²) < 4.78 is 0. The molecule has 0 unspecified atom stereocenters. The fraction of sp³-hybridized carbons (Fsp3) is 0.462. The number of thioether (sulfide) groups is 1. The number of hydrogen-bond donors (Lipinski definition) is 2. The van der Waals surface area contributed by atoms with Crippen LogP contribution in [0.25, 0.3) is 0 Å². The van der Waals surface area contributed by atoms with Crippen LogP contribution in [-0.2, 0) is 0 Å². The Labute approximate surface area is 107 Å². The molecule has 0 radical (unpaired) electrons. The summed E-state index contributed by atoms with van der Waals surface area (Å²) in [5.74, 6) is 1.54. The summed E-state index contributed by atoms with van der Waals surface area (Å²) in [5.41, 5.74) is 7.18. The molecule has 0 bridgehead atoms. The smallest absolute Gasteiger partial charge is 0.252 e. The monoisotopic (exact) mass is 252 g/mol. The number of amides is 1. The second kappa shape index (κ2) is 6.55. The first-order valence-electron chi connectivity index (χ1n) is 5.85. The van der Waals surface area contributed by atoms with E-state index in [1.165, 1.54) is 0 Å². The predicted molar refractivity (Wildman–Crippen MR) is 74.4 cm³/mol. The molecular weight excluding hydrogens is 232 g/mol. The maximum Gasteiger partial charge on any atom is 0.252 e. The minimum atomic E-state index is -0.0289. The highest BCUT2D eigenvalue weighted by Crippen LogP contribution is 2.26. The predicted octanol–water partition coefficient (Wildman–Crippen LogP) is 2.77. The molecule has 0 heterocycles. The molecule has 0 aromatic heterocycles. The third kappa shape index (κ3) is 4.30. The topological polar surface area (TPSA) is 55.1 Å². The summed E-state index contributed by atoms with van der Waals surface area (Å²) in [6, 6.07) is 5.44. The Bertz CT molecular complexity index is 391. The standard InChI is InChI=1S/C13H20N2OS/c1-4-15-13(16)11-6-5-10(14)7-12(11)17-8-9(2)3/h5-7,9H,4,8,14H2,1-3H3,(H,15,16). The van der Waals surface area contributed by atoms with E-state index in [1.807, 2.05) is 13.0 Å². The van der Waals surface area contributed by atoms with Gasteiger partial charge in [-0.25, -0.2) is 0 Å². The summed E-state index contributed by atoms with van der Waals surface area (Å²) in [6.45, 7) is 6.86. The molecule has 4 heteroatoms. The van der Waals surface area contributed by atoms with E-state index >= 15 is 0 Å². The summed E-state index contributed by atoms with van der Waals surface area (Å²) in [5, 5.41) is 2.82. The number of benzene rings is 1. The van der Waals surface area contributed by atoms with E-state index in [0.29, 0.717) is 23.7 Å². The fourth-order valence-corrected chi connectivity index (χ4v) is 2.41. The molecule has 17 heavy (non-hydrogen) atoms. The van der Waals surface area contributed by atoms with Gasteiger partial charge in [0.2, 0.25) is 0 Å². The Morgan fingerprint density at radius 3 is 2.76 bits per heavy atom. The number of anilines is 1. The van der Waals surface area contributed by atoms with Crippen LogP contribution in [0.2, 0.25) is 0 Å². The molecule has 3 nitrogen and oxygen atoms in total. The largest absolute Gasteiger partial charge is 0.399 e. The van der Waals surface area contributed by atoms with E-state index in [-0.39, 0.29) is 5.91 Å². The summed E-state index contributed by atoms with van der Waals surface area (Å²) >= 11 is 1.68. The number of nitrogen functional groups attached to an aromatic ring is 1. The molecule has 0 saturated heterocycles. The van der Waals surface area contributed by atoms with Crippen molar-refractivity contribution in [2.24, 2.45) is 5.92 Å². The van der Waals surface area contributed by atoms with Crippen LogP contribution in [0.5, 0.6) is 0 Å². The zero-order valence-electron chi connectivity index (χ0n) is 10.6. The van der Waals surface area contributed by atoms with E-state index in [4.69, 9.17) is 5.73 Å². The number of nitrogens with one attached hydrogen (secondary N) is 1. The molecule has 0 aliphatic carbocycles. The molecule has 0 aliphatic rings. The molecule has 0 fully saturated rings. The van der Waals surface area contributed by atoms with E-state index in [9.17, 15) is 4.79 Å². The molecule has 94 valence electrons. The van der Waals surface area contributed by atoms with Crippen LogP contribution >= 0.6 is 11.8 Å². The lowest BCUT2D eigenvalue weighted by atomic mass is 10.2. The normalized spacial score (nSPS) is 10.6. The van der Waals surface area contributed by atoms with Crippen molar-refractivity contribution in [1.29, 1.82) is 0 Å². The Hall–Kier alpha value is -1.16. The zero-order valence-corrected chi connectivity index (χ0v) is 11.4. The van der Waals surface area contributed by atoms with Crippen LogP contribution in [0.4, 0.5) is 5.69 Å². The fourth-order valence-electron chi connectivity index (χ4n) is 1.36. The van der Waals surface area contributed by atoms with E-state index in [1.54, 1.807) is 23.9 Å². The molecule has 0 aliphatic heterocycles. The third-order valence-corrected chi connectivity index (χ3v) is 3.64. The number of nitrogens with two attached hydrogens (primary N) is 1. The number of rotatable bonds is 5. The van der Waals surface area contributed by atoms with Gasteiger partial charge in [0.15, 0.2) is 0 Å². The minimum absolute atomic E-state index is 0.0289. The number of carbonyl (C=O) groups is 1. The van der Waals surface area contributed by atoms with Gasteiger partial charge >= 0.3 is 0 Å². The highest BCUT2D eigenvalue weighted by molar-refractivity contribution is 7.99. The number of hydrogen-bond acceptors (Lipinski definition) is 3. The van der Waals surface area contributed by atoms with Gasteiger partial charge in [0.1, 0.15) is 0 Å². The van der Waals surface area contributed by atoms with Crippen molar-refractivity contribution >= 4 is 23.4 Å². The lowest BCUT2D eigenvalue weighted by molar-refractivity contribution is 0.0953. The van der Waals surface area contributed by atoms with Crippen molar-refractivity contribution < 1.29 is 4.79 Å². The van der Waals surface area contributed by atoms with Crippen molar-refractivity contribution in [3.8, 4) is 0 Å². The molecule has 1 aromatic carbocycles.